The Morgan fingerprint density at radius 3 is 2.40 bits per heavy atom. The highest BCUT2D eigenvalue weighted by atomic mass is 32.2. The molecule has 0 bridgehead atoms. The van der Waals surface area contributed by atoms with Crippen LogP contribution in [0, 0.1) is 11.3 Å². The minimum absolute atomic E-state index is 0.415. The normalized spacial score (nSPS) is 11.6. The number of hydrogen-bond acceptors (Lipinski definition) is 5. The van der Waals surface area contributed by atoms with E-state index in [9.17, 15) is 8.42 Å². The summed E-state index contributed by atoms with van der Waals surface area (Å²) in [5, 5.41) is 12.1. The van der Waals surface area contributed by atoms with Gasteiger partial charge in [-0.1, -0.05) is 26.0 Å². The topological polar surface area (TPSA) is 73.2 Å². The molecule has 0 saturated carbocycles. The monoisotopic (exact) mass is 377 g/mol. The van der Waals surface area contributed by atoms with Crippen LogP contribution in [0.5, 0.6) is 0 Å². The summed E-state index contributed by atoms with van der Waals surface area (Å²) in [6.45, 7) is 6.16. The Kier molecular flexibility index (Phi) is 7.14. The summed E-state index contributed by atoms with van der Waals surface area (Å²) >= 11 is 1.34. The fraction of sp³-hybridized carbons (Fsp3) is 0.389. The van der Waals surface area contributed by atoms with Crippen LogP contribution in [-0.4, -0.2) is 32.4 Å². The van der Waals surface area contributed by atoms with Gasteiger partial charge in [-0.25, -0.2) is 8.42 Å². The van der Waals surface area contributed by atoms with Crippen LogP contribution in [0.2, 0.25) is 0 Å². The Morgan fingerprint density at radius 2 is 1.80 bits per heavy atom. The number of sulfonamides is 1. The van der Waals surface area contributed by atoms with Gasteiger partial charge in [0.15, 0.2) is 0 Å². The molecule has 0 aliphatic heterocycles. The van der Waals surface area contributed by atoms with Gasteiger partial charge >= 0.3 is 0 Å². The molecule has 5 nitrogen and oxygen atoms in total. The van der Waals surface area contributed by atoms with Gasteiger partial charge in [-0.2, -0.15) is 9.57 Å². The number of thiophene rings is 1. The number of nitrogens with zero attached hydrogens (tertiary/aromatic N) is 2. The summed E-state index contributed by atoms with van der Waals surface area (Å²) < 4.78 is 26.8. The third-order valence-electron chi connectivity index (χ3n) is 3.90. The molecule has 1 N–H and O–H groups in total. The minimum Gasteiger partial charge on any atom is -0.312 e. The molecule has 0 amide bonds. The average molecular weight is 378 g/mol. The van der Waals surface area contributed by atoms with Crippen LogP contribution in [-0.2, 0) is 23.0 Å². The molecule has 0 spiro atoms. The zero-order valence-corrected chi connectivity index (χ0v) is 16.2. The molecule has 2 aromatic rings. The second-order valence-corrected chi connectivity index (χ2v) is 8.88. The molecule has 1 aromatic heterocycles. The van der Waals surface area contributed by atoms with Crippen molar-refractivity contribution in [3.05, 3.63) is 52.4 Å². The number of hydrogen-bond donors (Lipinski definition) is 1. The lowest BCUT2D eigenvalue weighted by Crippen LogP contribution is -2.29. The maximum absolute atomic E-state index is 12.5. The summed E-state index contributed by atoms with van der Waals surface area (Å²) in [7, 11) is -3.36. The lowest BCUT2D eigenvalue weighted by atomic mass is 10.1. The zero-order valence-electron chi connectivity index (χ0n) is 14.5. The van der Waals surface area contributed by atoms with Gasteiger partial charge in [-0.15, -0.1) is 11.3 Å². The molecule has 0 unspecified atom stereocenters. The Morgan fingerprint density at radius 1 is 1.12 bits per heavy atom. The van der Waals surface area contributed by atoms with Crippen molar-refractivity contribution in [2.75, 3.05) is 19.6 Å². The molecule has 7 heteroatoms. The van der Waals surface area contributed by atoms with Crippen molar-refractivity contribution in [2.24, 2.45) is 0 Å². The van der Waals surface area contributed by atoms with Crippen molar-refractivity contribution in [1.29, 1.82) is 5.26 Å². The van der Waals surface area contributed by atoms with E-state index in [1.807, 2.05) is 32.0 Å². The molecule has 0 aliphatic carbocycles. The van der Waals surface area contributed by atoms with Gasteiger partial charge in [0.25, 0.3) is 10.0 Å². The van der Waals surface area contributed by atoms with Crippen molar-refractivity contribution in [3.8, 4) is 6.07 Å². The van der Waals surface area contributed by atoms with E-state index < -0.39 is 10.0 Å². The van der Waals surface area contributed by atoms with E-state index >= 15 is 0 Å². The van der Waals surface area contributed by atoms with E-state index in [1.54, 1.807) is 18.2 Å². The van der Waals surface area contributed by atoms with Crippen molar-refractivity contribution in [2.45, 2.75) is 31.0 Å². The van der Waals surface area contributed by atoms with E-state index in [0.717, 1.165) is 30.0 Å². The van der Waals surface area contributed by atoms with Crippen LogP contribution in [0.15, 0.2) is 40.6 Å². The first kappa shape index (κ1) is 19.6. The first-order valence-electron chi connectivity index (χ1n) is 8.29. The molecule has 134 valence electrons. The third kappa shape index (κ3) is 5.13. The standard InChI is InChI=1S/C18H23N3O2S2/c1-3-21(4-2)25(22,23)18-10-9-17(24-18)11-12-20-14-16-7-5-15(13-19)6-8-16/h5-10,20H,3-4,11-12,14H2,1-2H3. The van der Waals surface area contributed by atoms with E-state index in [1.165, 1.54) is 15.6 Å². The lowest BCUT2D eigenvalue weighted by Gasteiger charge is -2.16. The van der Waals surface area contributed by atoms with E-state index in [2.05, 4.69) is 11.4 Å². The molecule has 0 saturated heterocycles. The number of benzene rings is 1. The van der Waals surface area contributed by atoms with E-state index in [0.29, 0.717) is 22.9 Å². The number of rotatable bonds is 9. The maximum atomic E-state index is 12.5. The largest absolute Gasteiger partial charge is 0.312 e. The first-order valence-corrected chi connectivity index (χ1v) is 10.6. The molecular formula is C18H23N3O2S2. The Labute approximate surface area is 154 Å². The minimum atomic E-state index is -3.36. The van der Waals surface area contributed by atoms with E-state index in [4.69, 9.17) is 5.26 Å². The summed E-state index contributed by atoms with van der Waals surface area (Å²) in [6.07, 6.45) is 0.786. The van der Waals surface area contributed by atoms with Crippen LogP contribution >= 0.6 is 11.3 Å². The van der Waals surface area contributed by atoms with Gasteiger partial charge in [0.05, 0.1) is 11.6 Å². The fourth-order valence-electron chi connectivity index (χ4n) is 2.46. The summed E-state index contributed by atoms with van der Waals surface area (Å²) in [5.41, 5.74) is 1.78. The Bertz CT molecular complexity index is 817. The van der Waals surface area contributed by atoms with Crippen molar-refractivity contribution >= 4 is 21.4 Å². The molecule has 0 radical (unpaired) electrons. The quantitative estimate of drug-likeness (QED) is 0.682. The zero-order chi connectivity index (χ0) is 18.3. The van der Waals surface area contributed by atoms with Crippen LogP contribution in [0.3, 0.4) is 0 Å². The third-order valence-corrected chi connectivity index (χ3v) is 7.56. The Balaban J connectivity index is 1.86. The van der Waals surface area contributed by atoms with Crippen LogP contribution in [0.1, 0.15) is 29.9 Å². The first-order chi connectivity index (χ1) is 12.0. The van der Waals surface area contributed by atoms with E-state index in [-0.39, 0.29) is 0 Å². The maximum Gasteiger partial charge on any atom is 0.252 e. The number of nitriles is 1. The molecule has 0 atom stereocenters. The van der Waals surface area contributed by atoms with Gasteiger partial charge in [0.2, 0.25) is 0 Å². The summed E-state index contributed by atoms with van der Waals surface area (Å²) in [4.78, 5) is 1.05. The number of nitrogens with one attached hydrogen (secondary N) is 1. The average Bonchev–Trinajstić information content (AvgIpc) is 3.10. The predicted molar refractivity (Wildman–Crippen MR) is 101 cm³/mol. The molecule has 0 fully saturated rings. The van der Waals surface area contributed by atoms with Crippen LogP contribution in [0.4, 0.5) is 0 Å². The van der Waals surface area contributed by atoms with Crippen molar-refractivity contribution < 1.29 is 8.42 Å². The highest BCUT2D eigenvalue weighted by molar-refractivity contribution is 7.91. The van der Waals surface area contributed by atoms with Gasteiger partial charge in [0, 0.05) is 31.1 Å². The Hall–Kier alpha value is -1.72. The lowest BCUT2D eigenvalue weighted by molar-refractivity contribution is 0.447. The highest BCUT2D eigenvalue weighted by Crippen LogP contribution is 2.25. The van der Waals surface area contributed by atoms with Crippen molar-refractivity contribution in [3.63, 3.8) is 0 Å². The van der Waals surface area contributed by atoms with Gasteiger partial charge in [0.1, 0.15) is 4.21 Å². The molecule has 1 aromatic carbocycles. The van der Waals surface area contributed by atoms with Gasteiger partial charge in [-0.3, -0.25) is 0 Å². The smallest absolute Gasteiger partial charge is 0.252 e. The second kappa shape index (κ2) is 9.11. The van der Waals surface area contributed by atoms with Gasteiger partial charge < -0.3 is 5.32 Å². The summed E-state index contributed by atoms with van der Waals surface area (Å²) in [6, 6.07) is 13.2. The van der Waals surface area contributed by atoms with Crippen LogP contribution in [0.25, 0.3) is 0 Å². The second-order valence-electron chi connectivity index (χ2n) is 5.55. The molecule has 2 rings (SSSR count). The molecule has 1 heterocycles. The molecular weight excluding hydrogens is 354 g/mol. The molecule has 25 heavy (non-hydrogen) atoms. The highest BCUT2D eigenvalue weighted by Gasteiger charge is 2.23. The molecule has 0 aliphatic rings. The SMILES string of the molecule is CCN(CC)S(=O)(=O)c1ccc(CCNCc2ccc(C#N)cc2)s1. The van der Waals surface area contributed by atoms with Gasteiger partial charge in [-0.05, 0) is 36.2 Å². The van der Waals surface area contributed by atoms with Crippen LogP contribution < -0.4 is 5.32 Å². The fourth-order valence-corrected chi connectivity index (χ4v) is 5.43. The summed E-state index contributed by atoms with van der Waals surface area (Å²) in [5.74, 6) is 0. The van der Waals surface area contributed by atoms with Crippen molar-refractivity contribution in [1.82, 2.24) is 9.62 Å². The predicted octanol–water partition coefficient (Wildman–Crippen LogP) is 2.98.